The molecule has 1 aromatic carbocycles. The molecule has 0 amide bonds. The molecule has 0 aliphatic carbocycles. The predicted octanol–water partition coefficient (Wildman–Crippen LogP) is 2.74. The van der Waals surface area contributed by atoms with E-state index < -0.39 is 5.97 Å². The van der Waals surface area contributed by atoms with Crippen LogP contribution in [0, 0.1) is 0 Å². The fraction of sp³-hybridized carbons (Fsp3) is 0.154. The number of furan rings is 1. The minimum absolute atomic E-state index is 0.185. The van der Waals surface area contributed by atoms with Crippen LogP contribution >= 0.6 is 0 Å². The van der Waals surface area contributed by atoms with E-state index in [0.29, 0.717) is 5.76 Å². The topological polar surface area (TPSA) is 48.7 Å². The highest BCUT2D eigenvalue weighted by Crippen LogP contribution is 2.25. The van der Waals surface area contributed by atoms with Gasteiger partial charge in [0, 0.05) is 5.56 Å². The molecule has 0 aliphatic heterocycles. The van der Waals surface area contributed by atoms with Gasteiger partial charge in [0.1, 0.15) is 11.5 Å². The molecule has 1 heterocycles. The molecule has 0 atom stereocenters. The first-order chi connectivity index (χ1) is 8.24. The van der Waals surface area contributed by atoms with Crippen molar-refractivity contribution in [2.45, 2.75) is 0 Å². The van der Waals surface area contributed by atoms with Crippen LogP contribution in [-0.2, 0) is 4.74 Å². The zero-order valence-corrected chi connectivity index (χ0v) is 9.60. The average molecular weight is 232 g/mol. The number of carbonyl (C=O) groups excluding carboxylic acids is 1. The first-order valence-corrected chi connectivity index (χ1v) is 5.07. The van der Waals surface area contributed by atoms with Crippen molar-refractivity contribution in [1.82, 2.24) is 0 Å². The fourth-order valence-corrected chi connectivity index (χ4v) is 1.48. The maximum absolute atomic E-state index is 11.2. The Labute approximate surface area is 98.8 Å². The average Bonchev–Trinajstić information content (AvgIpc) is 2.87. The minimum Gasteiger partial charge on any atom is -0.497 e. The van der Waals surface area contributed by atoms with Crippen molar-refractivity contribution in [3.8, 4) is 17.1 Å². The summed E-state index contributed by atoms with van der Waals surface area (Å²) < 4.78 is 15.1. The van der Waals surface area contributed by atoms with Crippen LogP contribution in [0.25, 0.3) is 11.3 Å². The van der Waals surface area contributed by atoms with Gasteiger partial charge in [-0.25, -0.2) is 4.79 Å². The van der Waals surface area contributed by atoms with Gasteiger partial charge in [-0.1, -0.05) is 12.1 Å². The molecule has 0 spiro atoms. The molecular formula is C13H12O4. The molecule has 0 saturated carbocycles. The van der Waals surface area contributed by atoms with Crippen LogP contribution in [0.4, 0.5) is 0 Å². The molecule has 4 nitrogen and oxygen atoms in total. The predicted molar refractivity (Wildman–Crippen MR) is 62.0 cm³/mol. The van der Waals surface area contributed by atoms with Crippen LogP contribution in [0.1, 0.15) is 10.6 Å². The van der Waals surface area contributed by atoms with Gasteiger partial charge < -0.3 is 13.9 Å². The Hall–Kier alpha value is -2.23. The number of hydrogen-bond donors (Lipinski definition) is 0. The van der Waals surface area contributed by atoms with Crippen molar-refractivity contribution in [2.24, 2.45) is 0 Å². The zero-order valence-electron chi connectivity index (χ0n) is 9.60. The first-order valence-electron chi connectivity index (χ1n) is 5.07. The van der Waals surface area contributed by atoms with Crippen LogP contribution in [0.15, 0.2) is 40.8 Å². The number of methoxy groups -OCH3 is 2. The zero-order chi connectivity index (χ0) is 12.3. The largest absolute Gasteiger partial charge is 0.497 e. The van der Waals surface area contributed by atoms with Crippen molar-refractivity contribution in [3.63, 3.8) is 0 Å². The summed E-state index contributed by atoms with van der Waals surface area (Å²) in [5.41, 5.74) is 0.847. The normalized spacial score (nSPS) is 10.0. The molecule has 2 rings (SSSR count). The van der Waals surface area contributed by atoms with Gasteiger partial charge in [-0.15, -0.1) is 0 Å². The lowest BCUT2D eigenvalue weighted by molar-refractivity contribution is 0.0566. The lowest BCUT2D eigenvalue weighted by Gasteiger charge is -2.01. The van der Waals surface area contributed by atoms with Gasteiger partial charge in [0.2, 0.25) is 5.76 Å². The molecule has 2 aromatic rings. The second kappa shape index (κ2) is 4.74. The highest BCUT2D eigenvalue weighted by Gasteiger charge is 2.12. The van der Waals surface area contributed by atoms with E-state index >= 15 is 0 Å². The fourth-order valence-electron chi connectivity index (χ4n) is 1.48. The van der Waals surface area contributed by atoms with Crippen molar-refractivity contribution >= 4 is 5.97 Å². The summed E-state index contributed by atoms with van der Waals surface area (Å²) in [4.78, 5) is 11.2. The van der Waals surface area contributed by atoms with E-state index in [1.807, 2.05) is 24.3 Å². The molecule has 88 valence electrons. The molecule has 0 fully saturated rings. The Kier molecular flexibility index (Phi) is 3.14. The highest BCUT2D eigenvalue weighted by atomic mass is 16.5. The molecule has 4 heteroatoms. The van der Waals surface area contributed by atoms with E-state index in [0.717, 1.165) is 11.3 Å². The van der Waals surface area contributed by atoms with Crippen LogP contribution < -0.4 is 4.74 Å². The Balaban J connectivity index is 2.33. The Bertz CT molecular complexity index is 528. The quantitative estimate of drug-likeness (QED) is 0.763. The molecule has 0 radical (unpaired) electrons. The van der Waals surface area contributed by atoms with Crippen molar-refractivity contribution in [1.29, 1.82) is 0 Å². The summed E-state index contributed by atoms with van der Waals surface area (Å²) >= 11 is 0. The molecule has 0 aliphatic rings. The molecule has 0 bridgehead atoms. The van der Waals surface area contributed by atoms with Crippen molar-refractivity contribution in [3.05, 3.63) is 42.2 Å². The molecule has 1 aromatic heterocycles. The highest BCUT2D eigenvalue weighted by molar-refractivity contribution is 5.87. The third-order valence-electron chi connectivity index (χ3n) is 2.35. The first kappa shape index (κ1) is 11.3. The number of carbonyl (C=O) groups is 1. The molecule has 17 heavy (non-hydrogen) atoms. The summed E-state index contributed by atoms with van der Waals surface area (Å²) in [6, 6.07) is 10.7. The van der Waals surface area contributed by atoms with Gasteiger partial charge >= 0.3 is 5.97 Å². The third kappa shape index (κ3) is 2.30. The van der Waals surface area contributed by atoms with E-state index in [1.54, 1.807) is 19.2 Å². The summed E-state index contributed by atoms with van der Waals surface area (Å²) in [5.74, 6) is 1.03. The van der Waals surface area contributed by atoms with Gasteiger partial charge in [-0.2, -0.15) is 0 Å². The van der Waals surface area contributed by atoms with Gasteiger partial charge in [-0.05, 0) is 24.3 Å². The number of benzene rings is 1. The minimum atomic E-state index is -0.487. The molecule has 0 unspecified atom stereocenters. The van der Waals surface area contributed by atoms with Gasteiger partial charge in [-0.3, -0.25) is 0 Å². The second-order valence-electron chi connectivity index (χ2n) is 3.39. The van der Waals surface area contributed by atoms with E-state index in [4.69, 9.17) is 9.15 Å². The van der Waals surface area contributed by atoms with Gasteiger partial charge in [0.25, 0.3) is 0 Å². The summed E-state index contributed by atoms with van der Waals surface area (Å²) in [6.07, 6.45) is 0. The van der Waals surface area contributed by atoms with E-state index in [9.17, 15) is 4.79 Å². The molecular weight excluding hydrogens is 220 g/mol. The Morgan fingerprint density at radius 1 is 1.18 bits per heavy atom. The number of esters is 1. The summed E-state index contributed by atoms with van der Waals surface area (Å²) in [7, 11) is 2.91. The van der Waals surface area contributed by atoms with Crippen LogP contribution in [-0.4, -0.2) is 20.2 Å². The van der Waals surface area contributed by atoms with E-state index in [2.05, 4.69) is 4.74 Å². The van der Waals surface area contributed by atoms with E-state index in [-0.39, 0.29) is 5.76 Å². The van der Waals surface area contributed by atoms with E-state index in [1.165, 1.54) is 7.11 Å². The lowest BCUT2D eigenvalue weighted by atomic mass is 10.2. The third-order valence-corrected chi connectivity index (χ3v) is 2.35. The summed E-state index contributed by atoms with van der Waals surface area (Å²) in [5, 5.41) is 0. The number of ether oxygens (including phenoxy) is 2. The standard InChI is InChI=1S/C13H12O4/c1-15-10-5-3-4-9(8-10)11-6-7-12(17-11)13(14)16-2/h3-8H,1-2H3. The lowest BCUT2D eigenvalue weighted by Crippen LogP contribution is -1.98. The SMILES string of the molecule is COC(=O)c1ccc(-c2cccc(OC)c2)o1. The van der Waals surface area contributed by atoms with Gasteiger partial charge in [0.15, 0.2) is 0 Å². The maximum Gasteiger partial charge on any atom is 0.373 e. The molecule has 0 N–H and O–H groups in total. The summed E-state index contributed by atoms with van der Waals surface area (Å²) in [6.45, 7) is 0. The number of hydrogen-bond acceptors (Lipinski definition) is 4. The van der Waals surface area contributed by atoms with Crippen LogP contribution in [0.3, 0.4) is 0 Å². The van der Waals surface area contributed by atoms with Crippen molar-refractivity contribution < 1.29 is 18.7 Å². The Morgan fingerprint density at radius 2 is 2.00 bits per heavy atom. The van der Waals surface area contributed by atoms with Crippen LogP contribution in [0.5, 0.6) is 5.75 Å². The number of rotatable bonds is 3. The van der Waals surface area contributed by atoms with Gasteiger partial charge in [0.05, 0.1) is 14.2 Å². The smallest absolute Gasteiger partial charge is 0.373 e. The Morgan fingerprint density at radius 3 is 2.71 bits per heavy atom. The van der Waals surface area contributed by atoms with Crippen molar-refractivity contribution in [2.75, 3.05) is 14.2 Å². The van der Waals surface area contributed by atoms with Crippen LogP contribution in [0.2, 0.25) is 0 Å². The second-order valence-corrected chi connectivity index (χ2v) is 3.39. The monoisotopic (exact) mass is 232 g/mol. The maximum atomic E-state index is 11.2. The molecule has 0 saturated heterocycles.